The first-order valence-corrected chi connectivity index (χ1v) is 5.54. The van der Waals surface area contributed by atoms with E-state index in [1.54, 1.807) is 10.9 Å². The Morgan fingerprint density at radius 2 is 2.22 bits per heavy atom. The van der Waals surface area contributed by atoms with Crippen LogP contribution in [0, 0.1) is 0 Å². The van der Waals surface area contributed by atoms with Crippen molar-refractivity contribution in [2.24, 2.45) is 0 Å². The highest BCUT2D eigenvalue weighted by molar-refractivity contribution is 5.93. The van der Waals surface area contributed by atoms with Crippen LogP contribution in [-0.4, -0.2) is 25.8 Å². The van der Waals surface area contributed by atoms with Crippen molar-refractivity contribution in [2.75, 3.05) is 5.73 Å². The summed E-state index contributed by atoms with van der Waals surface area (Å²) in [4.78, 5) is 15.1. The van der Waals surface area contributed by atoms with Crippen LogP contribution in [0.1, 0.15) is 35.8 Å². The number of hydrogen-bond donors (Lipinski definition) is 2. The molecule has 0 aromatic carbocycles. The Kier molecular flexibility index (Phi) is 3.01. The number of carbonyl (C=O) groups is 1. The number of carboxylic acids is 1. The van der Waals surface area contributed by atoms with Crippen molar-refractivity contribution < 1.29 is 9.90 Å². The third kappa shape index (κ3) is 2.17. The monoisotopic (exact) mass is 246 g/mol. The number of nitrogens with zero attached hydrogens (tertiary/aromatic N) is 3. The summed E-state index contributed by atoms with van der Waals surface area (Å²) in [5.41, 5.74) is 6.64. The second kappa shape index (κ2) is 4.48. The molecule has 6 nitrogen and oxygen atoms in total. The summed E-state index contributed by atoms with van der Waals surface area (Å²) in [6.45, 7) is 4.07. The van der Waals surface area contributed by atoms with Gasteiger partial charge in [-0.1, -0.05) is 13.8 Å². The third-order valence-electron chi connectivity index (χ3n) is 2.59. The minimum atomic E-state index is -1.08. The number of pyridine rings is 1. The molecule has 0 bridgehead atoms. The fraction of sp³-hybridized carbons (Fsp3) is 0.250. The maximum absolute atomic E-state index is 11.0. The number of nitrogens with two attached hydrogens (primary N) is 1. The van der Waals surface area contributed by atoms with Gasteiger partial charge in [0.15, 0.2) is 5.82 Å². The van der Waals surface area contributed by atoms with E-state index in [0.29, 0.717) is 11.7 Å². The van der Waals surface area contributed by atoms with Crippen LogP contribution < -0.4 is 5.73 Å². The summed E-state index contributed by atoms with van der Waals surface area (Å²) < 4.78 is 1.54. The van der Waals surface area contributed by atoms with Crippen LogP contribution >= 0.6 is 0 Å². The van der Waals surface area contributed by atoms with Crippen molar-refractivity contribution in [2.45, 2.75) is 19.8 Å². The van der Waals surface area contributed by atoms with E-state index in [1.165, 1.54) is 12.3 Å². The summed E-state index contributed by atoms with van der Waals surface area (Å²) in [5.74, 6) is -0.333. The van der Waals surface area contributed by atoms with Gasteiger partial charge in [0.25, 0.3) is 0 Å². The van der Waals surface area contributed by atoms with Crippen molar-refractivity contribution in [3.63, 3.8) is 0 Å². The van der Waals surface area contributed by atoms with Gasteiger partial charge in [-0.05, 0) is 18.1 Å². The Hall–Kier alpha value is -2.37. The van der Waals surface area contributed by atoms with Gasteiger partial charge in [-0.3, -0.25) is 0 Å². The summed E-state index contributed by atoms with van der Waals surface area (Å²) in [7, 11) is 0. The first-order valence-electron chi connectivity index (χ1n) is 5.54. The van der Waals surface area contributed by atoms with Gasteiger partial charge in [0, 0.05) is 6.20 Å². The fourth-order valence-electron chi connectivity index (χ4n) is 1.54. The number of nitrogen functional groups attached to an aromatic ring is 1. The SMILES string of the molecule is CC(C)c1ccn(-c2cc(C(=O)O)c(N)cn2)n1. The van der Waals surface area contributed by atoms with E-state index in [2.05, 4.69) is 10.1 Å². The van der Waals surface area contributed by atoms with Crippen LogP contribution in [0.4, 0.5) is 5.69 Å². The predicted molar refractivity (Wildman–Crippen MR) is 66.8 cm³/mol. The first-order chi connectivity index (χ1) is 8.49. The maximum Gasteiger partial charge on any atom is 0.337 e. The van der Waals surface area contributed by atoms with Crippen molar-refractivity contribution in [3.8, 4) is 5.82 Å². The Balaban J connectivity index is 2.44. The lowest BCUT2D eigenvalue weighted by Gasteiger charge is -2.04. The molecule has 6 heteroatoms. The van der Waals surface area contributed by atoms with E-state index < -0.39 is 5.97 Å². The molecular weight excluding hydrogens is 232 g/mol. The molecule has 0 saturated heterocycles. The molecule has 0 saturated carbocycles. The van der Waals surface area contributed by atoms with E-state index in [4.69, 9.17) is 10.8 Å². The van der Waals surface area contributed by atoms with Gasteiger partial charge < -0.3 is 10.8 Å². The second-order valence-electron chi connectivity index (χ2n) is 4.27. The molecule has 2 rings (SSSR count). The highest BCUT2D eigenvalue weighted by Crippen LogP contribution is 2.16. The van der Waals surface area contributed by atoms with Gasteiger partial charge in [0.05, 0.1) is 23.1 Å². The number of carboxylic acid groups (broad SMARTS) is 1. The lowest BCUT2D eigenvalue weighted by Crippen LogP contribution is -2.07. The van der Waals surface area contributed by atoms with Gasteiger partial charge in [0.2, 0.25) is 0 Å². The number of aromatic carboxylic acids is 1. The Bertz CT molecular complexity index is 590. The first kappa shape index (κ1) is 12.1. The highest BCUT2D eigenvalue weighted by Gasteiger charge is 2.12. The summed E-state index contributed by atoms with van der Waals surface area (Å²) >= 11 is 0. The number of anilines is 1. The van der Waals surface area contributed by atoms with Crippen LogP contribution in [0.2, 0.25) is 0 Å². The lowest BCUT2D eigenvalue weighted by atomic mass is 10.1. The standard InChI is InChI=1S/C12H14N4O2/c1-7(2)10-3-4-16(15-10)11-5-8(12(17)18)9(13)6-14-11/h3-7H,13H2,1-2H3,(H,17,18). The van der Waals surface area contributed by atoms with Gasteiger partial charge in [-0.2, -0.15) is 5.10 Å². The largest absolute Gasteiger partial charge is 0.478 e. The Morgan fingerprint density at radius 3 is 2.78 bits per heavy atom. The number of rotatable bonds is 3. The molecule has 0 unspecified atom stereocenters. The molecule has 2 aromatic rings. The molecule has 0 fully saturated rings. The minimum Gasteiger partial charge on any atom is -0.478 e. The second-order valence-corrected chi connectivity index (χ2v) is 4.27. The number of hydrogen-bond acceptors (Lipinski definition) is 4. The fourth-order valence-corrected chi connectivity index (χ4v) is 1.54. The normalized spacial score (nSPS) is 10.8. The van der Waals surface area contributed by atoms with E-state index in [9.17, 15) is 4.79 Å². The van der Waals surface area contributed by atoms with Crippen LogP contribution in [0.25, 0.3) is 5.82 Å². The van der Waals surface area contributed by atoms with Crippen molar-refractivity contribution >= 4 is 11.7 Å². The summed E-state index contributed by atoms with van der Waals surface area (Å²) in [5, 5.41) is 13.3. The minimum absolute atomic E-state index is 0.0293. The molecule has 2 heterocycles. The molecule has 3 N–H and O–H groups in total. The van der Waals surface area contributed by atoms with Gasteiger partial charge in [-0.25, -0.2) is 14.5 Å². The Labute approximate surface area is 104 Å². The zero-order chi connectivity index (χ0) is 13.3. The quantitative estimate of drug-likeness (QED) is 0.859. The summed E-state index contributed by atoms with van der Waals surface area (Å²) in [6, 6.07) is 3.29. The molecule has 0 aliphatic heterocycles. The van der Waals surface area contributed by atoms with E-state index in [1.807, 2.05) is 19.9 Å². The highest BCUT2D eigenvalue weighted by atomic mass is 16.4. The molecule has 0 aliphatic carbocycles. The topological polar surface area (TPSA) is 94.0 Å². The maximum atomic E-state index is 11.0. The molecule has 0 amide bonds. The van der Waals surface area contributed by atoms with Crippen molar-refractivity contribution in [1.82, 2.24) is 14.8 Å². The van der Waals surface area contributed by atoms with Crippen LogP contribution in [0.3, 0.4) is 0 Å². The summed E-state index contributed by atoms with van der Waals surface area (Å²) in [6.07, 6.45) is 3.08. The molecule has 94 valence electrons. The average molecular weight is 246 g/mol. The Morgan fingerprint density at radius 1 is 1.50 bits per heavy atom. The van der Waals surface area contributed by atoms with Crippen molar-refractivity contribution in [1.29, 1.82) is 0 Å². The molecule has 18 heavy (non-hydrogen) atoms. The van der Waals surface area contributed by atoms with E-state index in [-0.39, 0.29) is 11.3 Å². The number of aromatic nitrogens is 3. The van der Waals surface area contributed by atoms with Crippen LogP contribution in [0.15, 0.2) is 24.5 Å². The van der Waals surface area contributed by atoms with Gasteiger partial charge in [0.1, 0.15) is 0 Å². The van der Waals surface area contributed by atoms with Gasteiger partial charge >= 0.3 is 5.97 Å². The van der Waals surface area contributed by atoms with E-state index in [0.717, 1.165) is 5.69 Å². The predicted octanol–water partition coefficient (Wildman–Crippen LogP) is 1.67. The molecule has 0 aliphatic rings. The van der Waals surface area contributed by atoms with Crippen LogP contribution in [0.5, 0.6) is 0 Å². The average Bonchev–Trinajstić information content (AvgIpc) is 2.78. The van der Waals surface area contributed by atoms with E-state index >= 15 is 0 Å². The molecule has 0 spiro atoms. The molecular formula is C12H14N4O2. The molecule has 0 atom stereocenters. The van der Waals surface area contributed by atoms with Crippen LogP contribution in [-0.2, 0) is 0 Å². The zero-order valence-electron chi connectivity index (χ0n) is 10.2. The molecule has 0 radical (unpaired) electrons. The van der Waals surface area contributed by atoms with Gasteiger partial charge in [-0.15, -0.1) is 0 Å². The third-order valence-corrected chi connectivity index (χ3v) is 2.59. The smallest absolute Gasteiger partial charge is 0.337 e. The zero-order valence-corrected chi connectivity index (χ0v) is 10.2. The molecule has 2 aromatic heterocycles. The van der Waals surface area contributed by atoms with Crippen molar-refractivity contribution in [3.05, 3.63) is 35.8 Å². The lowest BCUT2D eigenvalue weighted by molar-refractivity contribution is 0.0698.